The van der Waals surface area contributed by atoms with Crippen molar-refractivity contribution < 1.29 is 19.5 Å². The maximum atomic E-state index is 12.5. The highest BCUT2D eigenvalue weighted by Crippen LogP contribution is 2.12. The monoisotopic (exact) mass is 361 g/mol. The minimum Gasteiger partial charge on any atom is -0.480 e. The highest BCUT2D eigenvalue weighted by atomic mass is 16.4. The van der Waals surface area contributed by atoms with E-state index >= 15 is 0 Å². The molecule has 1 aliphatic rings. The molecule has 0 saturated carbocycles. The van der Waals surface area contributed by atoms with Gasteiger partial charge in [0, 0.05) is 13.0 Å². The minimum absolute atomic E-state index is 0.244. The lowest BCUT2D eigenvalue weighted by Crippen LogP contribution is -2.50. The average Bonchev–Trinajstić information content (AvgIpc) is 3.43. The van der Waals surface area contributed by atoms with Crippen LogP contribution in [-0.4, -0.2) is 47.6 Å². The number of hydrogen-bond donors (Lipinski definition) is 4. The number of rotatable bonds is 11. The smallest absolute Gasteiger partial charge is 0.322 e. The summed E-state index contributed by atoms with van der Waals surface area (Å²) in [4.78, 5) is 35.6. The number of unbranched alkanes of at least 4 members (excludes halogenated alkanes) is 3. The van der Waals surface area contributed by atoms with E-state index in [9.17, 15) is 14.4 Å². The molecule has 2 rings (SSSR count). The van der Waals surface area contributed by atoms with Crippen LogP contribution in [0.25, 0.3) is 0 Å². The zero-order chi connectivity index (χ0) is 18.9. The summed E-state index contributed by atoms with van der Waals surface area (Å²) >= 11 is 0. The van der Waals surface area contributed by atoms with Gasteiger partial charge >= 0.3 is 5.97 Å². The van der Waals surface area contributed by atoms with Crippen LogP contribution in [0.5, 0.6) is 0 Å². The van der Waals surface area contributed by atoms with Gasteiger partial charge in [0.25, 0.3) is 0 Å². The van der Waals surface area contributed by atoms with Gasteiger partial charge < -0.3 is 15.7 Å². The van der Waals surface area contributed by atoms with Crippen LogP contribution in [0.1, 0.15) is 38.2 Å². The van der Waals surface area contributed by atoms with E-state index in [2.05, 4.69) is 22.9 Å². The van der Waals surface area contributed by atoms with Crippen molar-refractivity contribution in [1.82, 2.24) is 16.0 Å². The van der Waals surface area contributed by atoms with Crippen molar-refractivity contribution in [2.45, 2.75) is 57.2 Å². The fourth-order valence-electron chi connectivity index (χ4n) is 2.79. The number of amides is 2. The summed E-state index contributed by atoms with van der Waals surface area (Å²) in [6, 6.07) is 7.04. The van der Waals surface area contributed by atoms with E-state index in [1.165, 1.54) is 0 Å². The Morgan fingerprint density at radius 3 is 2.46 bits per heavy atom. The van der Waals surface area contributed by atoms with E-state index in [0.29, 0.717) is 13.0 Å². The van der Waals surface area contributed by atoms with Gasteiger partial charge in [-0.15, -0.1) is 0 Å². The van der Waals surface area contributed by atoms with Crippen LogP contribution in [0, 0.1) is 0 Å². The lowest BCUT2D eigenvalue weighted by molar-refractivity contribution is -0.137. The maximum Gasteiger partial charge on any atom is 0.322 e. The molecular formula is C19H27N3O4. The van der Waals surface area contributed by atoms with Gasteiger partial charge in [-0.05, 0) is 12.0 Å². The van der Waals surface area contributed by atoms with Crippen molar-refractivity contribution >= 4 is 17.8 Å². The van der Waals surface area contributed by atoms with Gasteiger partial charge in [0.1, 0.15) is 18.1 Å². The van der Waals surface area contributed by atoms with Crippen LogP contribution >= 0.6 is 0 Å². The molecule has 0 unspecified atom stereocenters. The Morgan fingerprint density at radius 2 is 1.85 bits per heavy atom. The van der Waals surface area contributed by atoms with Crippen molar-refractivity contribution in [3.05, 3.63) is 35.9 Å². The second kappa shape index (κ2) is 9.91. The van der Waals surface area contributed by atoms with Crippen molar-refractivity contribution in [3.63, 3.8) is 0 Å². The highest BCUT2D eigenvalue weighted by molar-refractivity contribution is 5.97. The Bertz CT molecular complexity index is 620. The number of aliphatic carboxylic acids is 1. The number of hydrogen-bond acceptors (Lipinski definition) is 4. The van der Waals surface area contributed by atoms with Crippen LogP contribution in [0.2, 0.25) is 0 Å². The first kappa shape index (κ1) is 19.9. The van der Waals surface area contributed by atoms with Gasteiger partial charge in [-0.2, -0.15) is 0 Å². The average molecular weight is 361 g/mol. The van der Waals surface area contributed by atoms with Crippen LogP contribution in [0.3, 0.4) is 0 Å². The molecule has 4 N–H and O–H groups in total. The third-order valence-electron chi connectivity index (χ3n) is 4.38. The summed E-state index contributed by atoms with van der Waals surface area (Å²) in [6.07, 6.45) is 4.57. The van der Waals surface area contributed by atoms with Crippen molar-refractivity contribution in [2.75, 3.05) is 6.54 Å². The SMILES string of the molecule is CCCCCCNC(=O)[C@H](Cc1ccccc1)NC(=O)[C@H]1N[C@@H]1C(=O)O. The molecule has 1 heterocycles. The third kappa shape index (κ3) is 6.15. The standard InChI is InChI=1S/C19H27N3O4/c1-2-3-4-8-11-20-17(23)14(12-13-9-6-5-7-10-13)21-18(24)15-16(22-15)19(25)26/h5-7,9-10,14-16,22H,2-4,8,11-12H2,1H3,(H,20,23)(H,21,24)(H,25,26)/t14-,15-,16-/m0/s1. The van der Waals surface area contributed by atoms with Crippen LogP contribution in [0.4, 0.5) is 0 Å². The van der Waals surface area contributed by atoms with Crippen molar-refractivity contribution in [1.29, 1.82) is 0 Å². The normalized spacial score (nSPS) is 19.4. The Hall–Kier alpha value is -2.41. The number of carbonyl (C=O) groups excluding carboxylic acids is 2. The first-order chi connectivity index (χ1) is 12.5. The summed E-state index contributed by atoms with van der Waals surface area (Å²) in [5.41, 5.74) is 0.928. The zero-order valence-corrected chi connectivity index (χ0v) is 15.0. The second-order valence-electron chi connectivity index (χ2n) is 6.56. The number of carbonyl (C=O) groups is 3. The van der Waals surface area contributed by atoms with Gasteiger partial charge in [-0.25, -0.2) is 0 Å². The third-order valence-corrected chi connectivity index (χ3v) is 4.38. The molecule has 0 radical (unpaired) electrons. The molecule has 2 amide bonds. The quantitative estimate of drug-likeness (QED) is 0.344. The Morgan fingerprint density at radius 1 is 1.12 bits per heavy atom. The van der Waals surface area contributed by atoms with E-state index < -0.39 is 30.0 Å². The molecule has 0 bridgehead atoms. The molecule has 1 aliphatic heterocycles. The van der Waals surface area contributed by atoms with Crippen LogP contribution in [0.15, 0.2) is 30.3 Å². The van der Waals surface area contributed by atoms with E-state index in [1.807, 2.05) is 30.3 Å². The summed E-state index contributed by atoms with van der Waals surface area (Å²) in [5, 5.41) is 17.1. The van der Waals surface area contributed by atoms with Gasteiger partial charge in [-0.1, -0.05) is 56.5 Å². The van der Waals surface area contributed by atoms with Gasteiger partial charge in [0.2, 0.25) is 11.8 Å². The van der Waals surface area contributed by atoms with Crippen molar-refractivity contribution in [2.24, 2.45) is 0 Å². The predicted molar refractivity (Wildman–Crippen MR) is 97.6 cm³/mol. The van der Waals surface area contributed by atoms with E-state index in [0.717, 1.165) is 31.2 Å². The molecule has 1 aromatic carbocycles. The number of nitrogens with one attached hydrogen (secondary N) is 3. The second-order valence-corrected chi connectivity index (χ2v) is 6.56. The Kier molecular flexibility index (Phi) is 7.59. The molecule has 3 atom stereocenters. The first-order valence-electron chi connectivity index (χ1n) is 9.13. The minimum atomic E-state index is -1.06. The van der Waals surface area contributed by atoms with Crippen LogP contribution in [-0.2, 0) is 20.8 Å². The molecule has 0 aromatic heterocycles. The van der Waals surface area contributed by atoms with Gasteiger partial charge in [0.05, 0.1) is 0 Å². The van der Waals surface area contributed by atoms with Crippen molar-refractivity contribution in [3.8, 4) is 0 Å². The Balaban J connectivity index is 1.91. The number of carboxylic acid groups (broad SMARTS) is 1. The maximum absolute atomic E-state index is 12.5. The molecule has 26 heavy (non-hydrogen) atoms. The summed E-state index contributed by atoms with van der Waals surface area (Å²) < 4.78 is 0. The summed E-state index contributed by atoms with van der Waals surface area (Å²) in [5.74, 6) is -1.77. The topological polar surface area (TPSA) is 117 Å². The molecule has 1 aromatic rings. The number of benzene rings is 1. The predicted octanol–water partition coefficient (Wildman–Crippen LogP) is 0.835. The van der Waals surface area contributed by atoms with Gasteiger partial charge in [0.15, 0.2) is 0 Å². The van der Waals surface area contributed by atoms with Gasteiger partial charge in [-0.3, -0.25) is 19.7 Å². The van der Waals surface area contributed by atoms with E-state index in [1.54, 1.807) is 0 Å². The summed E-state index contributed by atoms with van der Waals surface area (Å²) in [6.45, 7) is 2.69. The molecule has 0 aliphatic carbocycles. The lowest BCUT2D eigenvalue weighted by atomic mass is 10.0. The molecule has 7 heteroatoms. The van der Waals surface area contributed by atoms with Crippen LogP contribution < -0.4 is 16.0 Å². The molecule has 1 saturated heterocycles. The molecule has 0 spiro atoms. The van der Waals surface area contributed by atoms with E-state index in [-0.39, 0.29) is 5.91 Å². The lowest BCUT2D eigenvalue weighted by Gasteiger charge is -2.18. The Labute approximate surface area is 153 Å². The molecule has 142 valence electrons. The highest BCUT2D eigenvalue weighted by Gasteiger charge is 2.48. The fraction of sp³-hybridized carbons (Fsp3) is 0.526. The fourth-order valence-corrected chi connectivity index (χ4v) is 2.79. The molecule has 1 fully saturated rings. The summed E-state index contributed by atoms with van der Waals surface area (Å²) in [7, 11) is 0. The van der Waals surface area contributed by atoms with E-state index in [4.69, 9.17) is 5.11 Å². The first-order valence-corrected chi connectivity index (χ1v) is 9.13. The zero-order valence-electron chi connectivity index (χ0n) is 15.0. The number of carboxylic acids is 1. The molecular weight excluding hydrogens is 334 g/mol. The molecule has 7 nitrogen and oxygen atoms in total. The largest absolute Gasteiger partial charge is 0.480 e.